The number of benzene rings is 1. The van der Waals surface area contributed by atoms with Gasteiger partial charge in [-0.05, 0) is 84.5 Å². The van der Waals surface area contributed by atoms with Crippen molar-refractivity contribution in [3.8, 4) is 5.75 Å². The van der Waals surface area contributed by atoms with Gasteiger partial charge in [-0.3, -0.25) is 4.90 Å². The summed E-state index contributed by atoms with van der Waals surface area (Å²) in [6, 6.07) is 6.46. The van der Waals surface area contributed by atoms with E-state index in [1.165, 1.54) is 37.0 Å². The summed E-state index contributed by atoms with van der Waals surface area (Å²) in [7, 11) is 0. The van der Waals surface area contributed by atoms with Crippen LogP contribution in [0.1, 0.15) is 111 Å². The van der Waals surface area contributed by atoms with Crippen molar-refractivity contribution in [3.05, 3.63) is 24.0 Å². The molecular weight excluding hydrogens is 514 g/mol. The van der Waals surface area contributed by atoms with Crippen LogP contribution in [-0.4, -0.2) is 88.4 Å². The molecule has 0 spiro atoms. The molecule has 230 valence electrons. The van der Waals surface area contributed by atoms with E-state index in [1.807, 2.05) is 25.7 Å². The number of hydrogen-bond donors (Lipinski definition) is 0. The lowest BCUT2D eigenvalue weighted by Crippen LogP contribution is -2.42. The number of unbranched alkanes of at least 4 members (excludes halogenated alkanes) is 1. The van der Waals surface area contributed by atoms with Gasteiger partial charge in [-0.2, -0.15) is 0 Å². The highest BCUT2D eigenvalue weighted by Gasteiger charge is 2.33. The van der Waals surface area contributed by atoms with Crippen molar-refractivity contribution < 1.29 is 14.3 Å². The Morgan fingerprint density at radius 1 is 1.05 bits per heavy atom. The monoisotopic (exact) mass is 569 g/mol. The quantitative estimate of drug-likeness (QED) is 0.241. The predicted molar refractivity (Wildman–Crippen MR) is 167 cm³/mol. The van der Waals surface area contributed by atoms with Gasteiger partial charge < -0.3 is 23.8 Å². The average Bonchev–Trinajstić information content (AvgIpc) is 3.62. The Hall–Kier alpha value is -2.32. The van der Waals surface area contributed by atoms with E-state index >= 15 is 0 Å². The van der Waals surface area contributed by atoms with E-state index in [9.17, 15) is 4.79 Å². The van der Waals surface area contributed by atoms with Gasteiger partial charge in [0.25, 0.3) is 0 Å². The summed E-state index contributed by atoms with van der Waals surface area (Å²) in [6.45, 7) is 20.1. The number of likely N-dealkylation sites (tertiary alicyclic amines) is 2. The van der Waals surface area contributed by atoms with Crippen LogP contribution in [0.25, 0.3) is 11.0 Å². The fourth-order valence-corrected chi connectivity index (χ4v) is 6.35. The molecule has 8 heteroatoms. The van der Waals surface area contributed by atoms with Crippen molar-refractivity contribution >= 4 is 17.1 Å². The fraction of sp³-hybridized carbons (Fsp3) is 0.758. The van der Waals surface area contributed by atoms with Crippen LogP contribution in [-0.2, 0) is 4.74 Å². The summed E-state index contributed by atoms with van der Waals surface area (Å²) in [5.41, 5.74) is 1.75. The van der Waals surface area contributed by atoms with Gasteiger partial charge in [-0.1, -0.05) is 33.6 Å². The van der Waals surface area contributed by atoms with Crippen LogP contribution in [0.3, 0.4) is 0 Å². The molecule has 0 aliphatic carbocycles. The number of imidazole rings is 1. The topological polar surface area (TPSA) is 63.1 Å². The minimum absolute atomic E-state index is 0.204. The maximum atomic E-state index is 12.7. The molecule has 2 saturated heterocycles. The van der Waals surface area contributed by atoms with Gasteiger partial charge in [0, 0.05) is 44.7 Å². The number of nitrogens with zero attached hydrogens (tertiary/aromatic N) is 5. The number of carbonyl (C=O) groups is 1. The standard InChI is InChI=1S/C33H55N5O3/c1-7-10-14-30(36-20-11-12-21-36)38-29-25-27(40-24-13-19-35(8-2)9-3)15-16-28(29)34-31(38)26-17-22-37(23-18-26)32(39)41-33(4,5)6/h15-16,25-26,30H,7-14,17-24H2,1-6H3. The van der Waals surface area contributed by atoms with Crippen LogP contribution < -0.4 is 4.74 Å². The average molecular weight is 570 g/mol. The number of fused-ring (bicyclic) bond motifs is 1. The smallest absolute Gasteiger partial charge is 0.410 e. The first-order valence-electron chi connectivity index (χ1n) is 16.3. The number of carbonyl (C=O) groups excluding carboxylic acids is 1. The van der Waals surface area contributed by atoms with Gasteiger partial charge in [-0.25, -0.2) is 9.78 Å². The zero-order chi connectivity index (χ0) is 29.4. The summed E-state index contributed by atoms with van der Waals surface area (Å²) < 4.78 is 14.5. The number of ether oxygens (including phenoxy) is 2. The molecule has 1 amide bonds. The molecular formula is C33H55N5O3. The normalized spacial score (nSPS) is 18.0. The summed E-state index contributed by atoms with van der Waals surface area (Å²) in [5.74, 6) is 2.42. The molecule has 0 saturated carbocycles. The Kier molecular flexibility index (Phi) is 11.4. The van der Waals surface area contributed by atoms with E-state index in [2.05, 4.69) is 53.3 Å². The second-order valence-corrected chi connectivity index (χ2v) is 12.8. The number of amides is 1. The maximum absolute atomic E-state index is 12.7. The van der Waals surface area contributed by atoms with E-state index in [-0.39, 0.29) is 6.09 Å². The Labute approximate surface area is 248 Å². The van der Waals surface area contributed by atoms with Crippen LogP contribution in [0.2, 0.25) is 0 Å². The lowest BCUT2D eigenvalue weighted by atomic mass is 9.95. The van der Waals surface area contributed by atoms with Gasteiger partial charge in [0.15, 0.2) is 0 Å². The first-order valence-corrected chi connectivity index (χ1v) is 16.3. The van der Waals surface area contributed by atoms with Crippen LogP contribution in [0.15, 0.2) is 18.2 Å². The Bertz CT molecular complexity index is 1090. The summed E-state index contributed by atoms with van der Waals surface area (Å²) >= 11 is 0. The highest BCUT2D eigenvalue weighted by Crippen LogP contribution is 2.37. The third-order valence-electron chi connectivity index (χ3n) is 8.66. The van der Waals surface area contributed by atoms with Crippen molar-refractivity contribution in [1.82, 2.24) is 24.3 Å². The van der Waals surface area contributed by atoms with Gasteiger partial charge in [-0.15, -0.1) is 0 Å². The van der Waals surface area contributed by atoms with Crippen LogP contribution in [0.4, 0.5) is 4.79 Å². The van der Waals surface area contributed by atoms with Gasteiger partial charge in [0.1, 0.15) is 17.2 Å². The number of piperidine rings is 1. The first kappa shape index (κ1) is 31.6. The van der Waals surface area contributed by atoms with Gasteiger partial charge >= 0.3 is 6.09 Å². The van der Waals surface area contributed by atoms with E-state index in [0.717, 1.165) is 76.3 Å². The highest BCUT2D eigenvalue weighted by molar-refractivity contribution is 5.78. The molecule has 1 aromatic heterocycles. The third-order valence-corrected chi connectivity index (χ3v) is 8.66. The Morgan fingerprint density at radius 2 is 1.76 bits per heavy atom. The van der Waals surface area contributed by atoms with Gasteiger partial charge in [0.05, 0.1) is 23.8 Å². The van der Waals surface area contributed by atoms with E-state index in [0.29, 0.717) is 25.2 Å². The molecule has 0 bridgehead atoms. The second kappa shape index (κ2) is 14.7. The zero-order valence-electron chi connectivity index (χ0n) is 26.7. The molecule has 2 aliphatic rings. The molecule has 1 atom stereocenters. The SMILES string of the molecule is CCCCC(N1CCCC1)n1c(C2CCN(C(=O)OC(C)(C)C)CC2)nc2ccc(OCCCN(CC)CC)cc21. The molecule has 41 heavy (non-hydrogen) atoms. The number of hydrogen-bond acceptors (Lipinski definition) is 6. The molecule has 2 aliphatic heterocycles. The Balaban J connectivity index is 1.59. The number of rotatable bonds is 13. The van der Waals surface area contributed by atoms with E-state index in [1.54, 1.807) is 0 Å². The maximum Gasteiger partial charge on any atom is 0.410 e. The lowest BCUT2D eigenvalue weighted by Gasteiger charge is -2.35. The number of aromatic nitrogens is 2. The highest BCUT2D eigenvalue weighted by atomic mass is 16.6. The lowest BCUT2D eigenvalue weighted by molar-refractivity contribution is 0.0201. The largest absolute Gasteiger partial charge is 0.493 e. The molecule has 1 unspecified atom stereocenters. The zero-order valence-corrected chi connectivity index (χ0v) is 26.7. The van der Waals surface area contributed by atoms with Crippen LogP contribution >= 0.6 is 0 Å². The molecule has 0 N–H and O–H groups in total. The van der Waals surface area contributed by atoms with E-state index < -0.39 is 5.60 Å². The predicted octanol–water partition coefficient (Wildman–Crippen LogP) is 7.05. The minimum atomic E-state index is -0.477. The van der Waals surface area contributed by atoms with Crippen LogP contribution in [0.5, 0.6) is 5.75 Å². The molecule has 3 heterocycles. The molecule has 8 nitrogen and oxygen atoms in total. The first-order chi connectivity index (χ1) is 19.7. The Morgan fingerprint density at radius 3 is 2.39 bits per heavy atom. The molecule has 2 fully saturated rings. The van der Waals surface area contributed by atoms with Crippen molar-refractivity contribution in [3.63, 3.8) is 0 Å². The molecule has 1 aromatic carbocycles. The fourth-order valence-electron chi connectivity index (χ4n) is 6.35. The third kappa shape index (κ3) is 8.38. The molecule has 4 rings (SSSR count). The van der Waals surface area contributed by atoms with Crippen molar-refractivity contribution in [2.75, 3.05) is 52.4 Å². The van der Waals surface area contributed by atoms with Gasteiger partial charge in [0.2, 0.25) is 0 Å². The summed E-state index contributed by atoms with van der Waals surface area (Å²) in [4.78, 5) is 25.0. The molecule has 2 aromatic rings. The summed E-state index contributed by atoms with van der Waals surface area (Å²) in [5, 5.41) is 0. The van der Waals surface area contributed by atoms with Crippen LogP contribution in [0, 0.1) is 0 Å². The van der Waals surface area contributed by atoms with E-state index in [4.69, 9.17) is 14.5 Å². The second-order valence-electron chi connectivity index (χ2n) is 12.8. The minimum Gasteiger partial charge on any atom is -0.493 e. The summed E-state index contributed by atoms with van der Waals surface area (Å²) in [6.07, 6.45) is 8.95. The van der Waals surface area contributed by atoms with Crippen molar-refractivity contribution in [1.29, 1.82) is 0 Å². The van der Waals surface area contributed by atoms with Crippen molar-refractivity contribution in [2.24, 2.45) is 0 Å². The molecule has 0 radical (unpaired) electrons. The van der Waals surface area contributed by atoms with Crippen molar-refractivity contribution in [2.45, 2.75) is 111 Å².